The van der Waals surface area contributed by atoms with Crippen LogP contribution in [0, 0.1) is 0 Å². The number of hydrogen-bond donors (Lipinski definition) is 4. The topological polar surface area (TPSA) is 151 Å². The molecule has 6 N–H and O–H groups in total. The van der Waals surface area contributed by atoms with Crippen LogP contribution < -0.4 is 16.8 Å². The van der Waals surface area contributed by atoms with Crippen molar-refractivity contribution in [3.05, 3.63) is 76.3 Å². The number of nitrogens with two attached hydrogens (primary N) is 2. The van der Waals surface area contributed by atoms with E-state index in [2.05, 4.69) is 10.3 Å². The fourth-order valence-electron chi connectivity index (χ4n) is 3.95. The molecule has 2 aliphatic rings. The fraction of sp³-hybridized carbons (Fsp3) is 0.280. The smallest absolute Gasteiger partial charge is 0.353 e. The van der Waals surface area contributed by atoms with E-state index in [9.17, 15) is 19.5 Å². The van der Waals surface area contributed by atoms with Crippen molar-refractivity contribution < 1.29 is 19.5 Å². The van der Waals surface area contributed by atoms with E-state index in [1.807, 2.05) is 54.6 Å². The van der Waals surface area contributed by atoms with Gasteiger partial charge in [-0.25, -0.2) is 4.79 Å². The number of rotatable bonds is 11. The van der Waals surface area contributed by atoms with Gasteiger partial charge >= 0.3 is 5.97 Å². The molecule has 0 radical (unpaired) electrons. The minimum Gasteiger partial charge on any atom is -0.477 e. The van der Waals surface area contributed by atoms with Gasteiger partial charge in [-0.05, 0) is 17.2 Å². The van der Waals surface area contributed by atoms with E-state index >= 15 is 0 Å². The summed E-state index contributed by atoms with van der Waals surface area (Å²) in [5, 5.41) is 12.4. The Balaban J connectivity index is 1.43. The van der Waals surface area contributed by atoms with Gasteiger partial charge in [0.2, 0.25) is 5.91 Å². The molecule has 0 saturated carbocycles. The van der Waals surface area contributed by atoms with Crippen molar-refractivity contribution in [2.24, 2.45) is 16.5 Å². The number of benzene rings is 2. The Kier molecular flexibility index (Phi) is 9.06. The molecule has 2 amide bonds. The number of nitrogens with one attached hydrogen (secondary N) is 1. The van der Waals surface area contributed by atoms with E-state index in [1.165, 1.54) is 28.4 Å². The minimum absolute atomic E-state index is 0.0116. The van der Waals surface area contributed by atoms with Gasteiger partial charge < -0.3 is 21.9 Å². The predicted octanol–water partition coefficient (Wildman–Crippen LogP) is 2.22. The van der Waals surface area contributed by atoms with Crippen LogP contribution in [-0.2, 0) is 26.6 Å². The summed E-state index contributed by atoms with van der Waals surface area (Å²) in [5.41, 5.74) is 12.6. The highest BCUT2D eigenvalue weighted by atomic mass is 32.2. The lowest BCUT2D eigenvalue weighted by Crippen LogP contribution is -2.70. The molecule has 9 nitrogen and oxygen atoms in total. The third-order valence-electron chi connectivity index (χ3n) is 5.65. The van der Waals surface area contributed by atoms with Crippen LogP contribution in [0.25, 0.3) is 0 Å². The predicted molar refractivity (Wildman–Crippen MR) is 149 cm³/mol. The lowest BCUT2D eigenvalue weighted by atomic mass is 10.0. The second kappa shape index (κ2) is 12.4. The summed E-state index contributed by atoms with van der Waals surface area (Å²) in [6, 6.07) is 16.3. The first-order chi connectivity index (χ1) is 17.8. The van der Waals surface area contributed by atoms with Gasteiger partial charge in [0.25, 0.3) is 5.91 Å². The molecule has 2 aliphatic heterocycles. The van der Waals surface area contributed by atoms with Crippen LogP contribution in [0.5, 0.6) is 0 Å². The summed E-state index contributed by atoms with van der Waals surface area (Å²) >= 11 is 4.51. The van der Waals surface area contributed by atoms with E-state index in [4.69, 9.17) is 11.5 Å². The number of guanidine groups is 1. The van der Waals surface area contributed by atoms with Crippen LogP contribution in [0.4, 0.5) is 0 Å². The monoisotopic (exact) mass is 557 g/mol. The van der Waals surface area contributed by atoms with E-state index in [0.717, 1.165) is 21.8 Å². The Morgan fingerprint density at radius 2 is 1.86 bits per heavy atom. The van der Waals surface area contributed by atoms with Gasteiger partial charge in [-0.15, -0.1) is 11.8 Å². The number of amides is 2. The maximum atomic E-state index is 13.0. The normalized spacial score (nSPS) is 18.6. The van der Waals surface area contributed by atoms with Crippen LogP contribution in [0.15, 0.2) is 75.1 Å². The van der Waals surface area contributed by atoms with E-state index in [1.54, 1.807) is 11.8 Å². The minimum atomic E-state index is -1.15. The highest BCUT2D eigenvalue weighted by Gasteiger charge is 2.54. The molecule has 12 heteroatoms. The average Bonchev–Trinajstić information content (AvgIpc) is 2.88. The summed E-state index contributed by atoms with van der Waals surface area (Å²) in [7, 11) is 0. The van der Waals surface area contributed by atoms with Crippen molar-refractivity contribution in [2.45, 2.75) is 28.5 Å². The van der Waals surface area contributed by atoms with Crippen molar-refractivity contribution in [2.75, 3.05) is 18.1 Å². The van der Waals surface area contributed by atoms with E-state index in [-0.39, 0.29) is 24.0 Å². The Morgan fingerprint density at radius 3 is 2.59 bits per heavy atom. The zero-order valence-electron chi connectivity index (χ0n) is 19.8. The Morgan fingerprint density at radius 1 is 1.14 bits per heavy atom. The van der Waals surface area contributed by atoms with Crippen molar-refractivity contribution in [3.63, 3.8) is 0 Å². The fourth-order valence-corrected chi connectivity index (χ4v) is 7.48. The highest BCUT2D eigenvalue weighted by molar-refractivity contribution is 8.06. The molecule has 4 rings (SSSR count). The first-order valence-electron chi connectivity index (χ1n) is 11.5. The van der Waals surface area contributed by atoms with Gasteiger partial charge in [0.15, 0.2) is 5.96 Å². The molecule has 2 aromatic rings. The highest BCUT2D eigenvalue weighted by Crippen LogP contribution is 2.45. The molecule has 194 valence electrons. The van der Waals surface area contributed by atoms with Crippen LogP contribution in [0.1, 0.15) is 11.1 Å². The zero-order valence-corrected chi connectivity index (χ0v) is 22.3. The number of β-lactam (4-membered cyclic amide) rings is 1. The maximum absolute atomic E-state index is 13.0. The third-order valence-corrected chi connectivity index (χ3v) is 9.30. The average molecular weight is 558 g/mol. The molecule has 2 atom stereocenters. The van der Waals surface area contributed by atoms with Gasteiger partial charge in [0.05, 0.1) is 13.0 Å². The summed E-state index contributed by atoms with van der Waals surface area (Å²) < 4.78 is 0. The van der Waals surface area contributed by atoms with E-state index < -0.39 is 23.3 Å². The molecule has 0 aromatic heterocycles. The largest absolute Gasteiger partial charge is 0.477 e. The van der Waals surface area contributed by atoms with Crippen molar-refractivity contribution in [3.8, 4) is 0 Å². The number of nitrogens with zero attached hydrogens (tertiary/aromatic N) is 2. The summed E-state index contributed by atoms with van der Waals surface area (Å²) in [5.74, 6) is 0.132. The van der Waals surface area contributed by atoms with Crippen LogP contribution >= 0.6 is 35.3 Å². The molecule has 1 fully saturated rings. The van der Waals surface area contributed by atoms with Crippen LogP contribution in [0.3, 0.4) is 0 Å². The Bertz CT molecular complexity index is 1230. The first-order valence-corrected chi connectivity index (χ1v) is 14.5. The number of hydrogen-bond acceptors (Lipinski definition) is 7. The lowest BCUT2D eigenvalue weighted by molar-refractivity contribution is -0.150. The summed E-state index contributed by atoms with van der Waals surface area (Å²) in [4.78, 5) is 44.6. The molecule has 0 unspecified atom stereocenters. The Labute approximate surface area is 227 Å². The van der Waals surface area contributed by atoms with Crippen molar-refractivity contribution in [1.29, 1.82) is 0 Å². The van der Waals surface area contributed by atoms with Gasteiger partial charge in [0.1, 0.15) is 17.1 Å². The quantitative estimate of drug-likeness (QED) is 0.141. The number of thioether (sulfide) groups is 3. The lowest BCUT2D eigenvalue weighted by Gasteiger charge is -2.49. The standard InChI is InChI=1S/C25H27N5O4S3/c26-25(27)28-10-11-35-13-16-8-4-5-9-17(16)37-18-14-36-23-20(22(32)30(23)21(18)24(33)34)29-19(31)12-15-6-2-1-3-7-15/h1-9,20,23H,10-14H2,(H,29,31)(H,33,34)(H4,26,27,28)/t20-,23+/m1/s1. The third kappa shape index (κ3) is 6.62. The number of carboxylic acids is 1. The molecule has 0 aliphatic carbocycles. The number of carbonyl (C=O) groups is 3. The second-order valence-electron chi connectivity index (χ2n) is 8.26. The zero-order chi connectivity index (χ0) is 26.4. The molecule has 2 aromatic carbocycles. The molecule has 0 spiro atoms. The first kappa shape index (κ1) is 27.0. The molecule has 2 heterocycles. The molecule has 0 bridgehead atoms. The molecular formula is C25H27N5O4S3. The SMILES string of the molecule is NC(N)=NCCSCc1ccccc1SC1=C(C(=O)O)N2C(=O)[C@@H](NC(=O)Cc3ccccc3)[C@@H]2SC1. The second-order valence-corrected chi connectivity index (χ2v) is 11.6. The van der Waals surface area contributed by atoms with Gasteiger partial charge in [-0.3, -0.25) is 19.5 Å². The number of carboxylic acid groups (broad SMARTS) is 1. The van der Waals surface area contributed by atoms with Gasteiger partial charge in [0, 0.05) is 27.1 Å². The van der Waals surface area contributed by atoms with Crippen LogP contribution in [-0.4, -0.2) is 63.2 Å². The van der Waals surface area contributed by atoms with Gasteiger partial charge in [-0.2, -0.15) is 11.8 Å². The number of carbonyl (C=O) groups excluding carboxylic acids is 2. The maximum Gasteiger partial charge on any atom is 0.353 e. The summed E-state index contributed by atoms with van der Waals surface area (Å²) in [6.45, 7) is 0.523. The van der Waals surface area contributed by atoms with Crippen molar-refractivity contribution in [1.82, 2.24) is 10.2 Å². The molecule has 37 heavy (non-hydrogen) atoms. The van der Waals surface area contributed by atoms with Crippen molar-refractivity contribution >= 4 is 59.0 Å². The Hall–Kier alpha value is -3.09. The number of aliphatic carboxylic acids is 1. The molecule has 1 saturated heterocycles. The van der Waals surface area contributed by atoms with Gasteiger partial charge in [-0.1, -0.05) is 60.3 Å². The van der Waals surface area contributed by atoms with Crippen LogP contribution in [0.2, 0.25) is 0 Å². The van der Waals surface area contributed by atoms with E-state index in [0.29, 0.717) is 23.0 Å². The number of fused-ring (bicyclic) bond motifs is 1. The number of aliphatic imine (C=N–C) groups is 1. The molecular weight excluding hydrogens is 531 g/mol. The summed E-state index contributed by atoms with van der Waals surface area (Å²) in [6.07, 6.45) is 0.158.